The van der Waals surface area contributed by atoms with E-state index in [9.17, 15) is 4.79 Å². The maximum Gasteiger partial charge on any atom is 0.338 e. The molecule has 0 aliphatic rings. The number of aromatic amines is 1. The Morgan fingerprint density at radius 3 is 3.00 bits per heavy atom. The van der Waals surface area contributed by atoms with E-state index in [-0.39, 0.29) is 12.6 Å². The molecule has 0 spiro atoms. The second-order valence-corrected chi connectivity index (χ2v) is 3.61. The lowest BCUT2D eigenvalue weighted by atomic mass is 10.1. The standard InChI is InChI=1S/C13H15NO3/c1-2-16-7-8-17-13(15)11-3-4-12-10(9-11)5-6-14-12/h3-6,9,14H,2,7-8H2,1H3. The summed E-state index contributed by atoms with van der Waals surface area (Å²) in [6.07, 6.45) is 1.84. The summed E-state index contributed by atoms with van der Waals surface area (Å²) in [6.45, 7) is 3.26. The Morgan fingerprint density at radius 1 is 1.29 bits per heavy atom. The number of hydrogen-bond acceptors (Lipinski definition) is 3. The Morgan fingerprint density at radius 2 is 2.18 bits per heavy atom. The van der Waals surface area contributed by atoms with Crippen LogP contribution in [0.4, 0.5) is 0 Å². The molecule has 0 saturated heterocycles. The average molecular weight is 233 g/mol. The van der Waals surface area contributed by atoms with E-state index < -0.39 is 0 Å². The quantitative estimate of drug-likeness (QED) is 0.637. The highest BCUT2D eigenvalue weighted by Crippen LogP contribution is 2.14. The SMILES string of the molecule is CCOCCOC(=O)c1ccc2[nH]ccc2c1. The number of carbonyl (C=O) groups excluding carboxylic acids is 1. The molecule has 0 saturated carbocycles. The normalized spacial score (nSPS) is 10.6. The first-order valence-corrected chi connectivity index (χ1v) is 5.63. The minimum Gasteiger partial charge on any atom is -0.460 e. The van der Waals surface area contributed by atoms with Crippen LogP contribution in [0.5, 0.6) is 0 Å². The van der Waals surface area contributed by atoms with Crippen LogP contribution in [0.1, 0.15) is 17.3 Å². The predicted molar refractivity (Wildman–Crippen MR) is 65.1 cm³/mol. The number of rotatable bonds is 5. The van der Waals surface area contributed by atoms with Crippen molar-refractivity contribution in [1.82, 2.24) is 4.98 Å². The highest BCUT2D eigenvalue weighted by Gasteiger charge is 2.07. The van der Waals surface area contributed by atoms with E-state index in [0.717, 1.165) is 10.9 Å². The second kappa shape index (κ2) is 5.50. The van der Waals surface area contributed by atoms with Gasteiger partial charge < -0.3 is 14.5 Å². The maximum atomic E-state index is 11.7. The molecule has 0 amide bonds. The van der Waals surface area contributed by atoms with Gasteiger partial charge in [0.05, 0.1) is 12.2 Å². The molecule has 90 valence electrons. The number of ether oxygens (including phenoxy) is 2. The summed E-state index contributed by atoms with van der Waals surface area (Å²) >= 11 is 0. The molecule has 0 aliphatic carbocycles. The van der Waals surface area contributed by atoms with E-state index in [1.165, 1.54) is 0 Å². The van der Waals surface area contributed by atoms with E-state index in [0.29, 0.717) is 18.8 Å². The third kappa shape index (κ3) is 2.85. The zero-order valence-electron chi connectivity index (χ0n) is 9.73. The minimum absolute atomic E-state index is 0.290. The molecule has 0 unspecified atom stereocenters. The van der Waals surface area contributed by atoms with Crippen LogP contribution in [0.25, 0.3) is 10.9 Å². The molecule has 0 aliphatic heterocycles. The summed E-state index contributed by atoms with van der Waals surface area (Å²) in [5.74, 6) is -0.312. The smallest absolute Gasteiger partial charge is 0.338 e. The fourth-order valence-corrected chi connectivity index (χ4v) is 1.60. The summed E-state index contributed by atoms with van der Waals surface area (Å²) in [6, 6.07) is 7.36. The van der Waals surface area contributed by atoms with E-state index >= 15 is 0 Å². The molecule has 0 fully saturated rings. The first kappa shape index (κ1) is 11.7. The lowest BCUT2D eigenvalue weighted by molar-refractivity contribution is 0.0335. The highest BCUT2D eigenvalue weighted by molar-refractivity contribution is 5.94. The van der Waals surface area contributed by atoms with Gasteiger partial charge in [-0.25, -0.2) is 4.79 Å². The van der Waals surface area contributed by atoms with Crippen molar-refractivity contribution in [2.45, 2.75) is 6.92 Å². The van der Waals surface area contributed by atoms with Gasteiger partial charge in [0.1, 0.15) is 6.61 Å². The zero-order valence-corrected chi connectivity index (χ0v) is 9.73. The molecule has 2 rings (SSSR count). The van der Waals surface area contributed by atoms with Gasteiger partial charge in [0.15, 0.2) is 0 Å². The number of carbonyl (C=O) groups is 1. The van der Waals surface area contributed by atoms with Crippen LogP contribution < -0.4 is 0 Å². The number of aromatic nitrogens is 1. The van der Waals surface area contributed by atoms with Crippen molar-refractivity contribution in [1.29, 1.82) is 0 Å². The number of esters is 1. The monoisotopic (exact) mass is 233 g/mol. The summed E-state index contributed by atoms with van der Waals surface area (Å²) in [5.41, 5.74) is 1.57. The van der Waals surface area contributed by atoms with E-state index in [1.807, 2.05) is 31.3 Å². The molecule has 0 atom stereocenters. The van der Waals surface area contributed by atoms with Gasteiger partial charge in [0.25, 0.3) is 0 Å². The summed E-state index contributed by atoms with van der Waals surface area (Å²) < 4.78 is 10.2. The molecule has 0 bridgehead atoms. The third-order valence-corrected chi connectivity index (χ3v) is 2.45. The Kier molecular flexibility index (Phi) is 3.77. The molecule has 17 heavy (non-hydrogen) atoms. The average Bonchev–Trinajstić information content (AvgIpc) is 2.81. The number of fused-ring (bicyclic) bond motifs is 1. The van der Waals surface area contributed by atoms with Crippen LogP contribution >= 0.6 is 0 Å². The van der Waals surface area contributed by atoms with Crippen molar-refractivity contribution in [3.05, 3.63) is 36.0 Å². The number of hydrogen-bond donors (Lipinski definition) is 1. The molecular weight excluding hydrogens is 218 g/mol. The van der Waals surface area contributed by atoms with Gasteiger partial charge in [-0.15, -0.1) is 0 Å². The van der Waals surface area contributed by atoms with Crippen molar-refractivity contribution in [2.24, 2.45) is 0 Å². The van der Waals surface area contributed by atoms with E-state index in [4.69, 9.17) is 9.47 Å². The fourth-order valence-electron chi connectivity index (χ4n) is 1.60. The summed E-state index contributed by atoms with van der Waals surface area (Å²) in [5, 5.41) is 1.00. The van der Waals surface area contributed by atoms with Crippen LogP contribution in [-0.2, 0) is 9.47 Å². The Balaban J connectivity index is 1.98. The van der Waals surface area contributed by atoms with Crippen molar-refractivity contribution in [2.75, 3.05) is 19.8 Å². The van der Waals surface area contributed by atoms with Crippen molar-refractivity contribution in [3.63, 3.8) is 0 Å². The molecule has 0 radical (unpaired) electrons. The summed E-state index contributed by atoms with van der Waals surface area (Å²) in [4.78, 5) is 14.8. The number of nitrogens with one attached hydrogen (secondary N) is 1. The van der Waals surface area contributed by atoms with Gasteiger partial charge in [-0.05, 0) is 31.2 Å². The van der Waals surface area contributed by atoms with Gasteiger partial charge in [0, 0.05) is 23.7 Å². The number of benzene rings is 1. The lowest BCUT2D eigenvalue weighted by Gasteiger charge is -2.04. The molecule has 1 N–H and O–H groups in total. The van der Waals surface area contributed by atoms with Gasteiger partial charge in [0.2, 0.25) is 0 Å². The maximum absolute atomic E-state index is 11.7. The zero-order chi connectivity index (χ0) is 12.1. The largest absolute Gasteiger partial charge is 0.460 e. The predicted octanol–water partition coefficient (Wildman–Crippen LogP) is 2.36. The molecule has 4 nitrogen and oxygen atoms in total. The molecular formula is C13H15NO3. The molecule has 2 aromatic rings. The van der Waals surface area contributed by atoms with Crippen LogP contribution in [-0.4, -0.2) is 30.8 Å². The lowest BCUT2D eigenvalue weighted by Crippen LogP contribution is -2.10. The number of H-pyrrole nitrogens is 1. The van der Waals surface area contributed by atoms with Crippen LogP contribution in [0.2, 0.25) is 0 Å². The fraction of sp³-hybridized carbons (Fsp3) is 0.308. The third-order valence-electron chi connectivity index (χ3n) is 2.45. The minimum atomic E-state index is -0.312. The molecule has 1 aromatic heterocycles. The second-order valence-electron chi connectivity index (χ2n) is 3.61. The van der Waals surface area contributed by atoms with Gasteiger partial charge in [-0.3, -0.25) is 0 Å². The highest BCUT2D eigenvalue weighted by atomic mass is 16.6. The Bertz CT molecular complexity index is 504. The van der Waals surface area contributed by atoms with Gasteiger partial charge in [-0.2, -0.15) is 0 Å². The molecule has 1 aromatic carbocycles. The first-order valence-electron chi connectivity index (χ1n) is 5.63. The van der Waals surface area contributed by atoms with Crippen molar-refractivity contribution in [3.8, 4) is 0 Å². The molecule has 1 heterocycles. The van der Waals surface area contributed by atoms with E-state index in [1.54, 1.807) is 6.07 Å². The first-order chi connectivity index (χ1) is 8.31. The van der Waals surface area contributed by atoms with Crippen LogP contribution in [0, 0.1) is 0 Å². The Hall–Kier alpha value is -1.81. The van der Waals surface area contributed by atoms with E-state index in [2.05, 4.69) is 4.98 Å². The Labute approximate surface area is 99.5 Å². The van der Waals surface area contributed by atoms with Crippen LogP contribution in [0.3, 0.4) is 0 Å². The topological polar surface area (TPSA) is 51.3 Å². The van der Waals surface area contributed by atoms with Crippen molar-refractivity contribution < 1.29 is 14.3 Å². The van der Waals surface area contributed by atoms with Gasteiger partial charge in [-0.1, -0.05) is 0 Å². The van der Waals surface area contributed by atoms with Crippen molar-refractivity contribution >= 4 is 16.9 Å². The summed E-state index contributed by atoms with van der Waals surface area (Å²) in [7, 11) is 0. The van der Waals surface area contributed by atoms with Crippen LogP contribution in [0.15, 0.2) is 30.5 Å². The van der Waals surface area contributed by atoms with Gasteiger partial charge >= 0.3 is 5.97 Å². The molecule has 4 heteroatoms.